The lowest BCUT2D eigenvalue weighted by Gasteiger charge is -2.09. The third-order valence-corrected chi connectivity index (χ3v) is 3.34. The van der Waals surface area contributed by atoms with Crippen LogP contribution in [0.15, 0.2) is 27.9 Å². The van der Waals surface area contributed by atoms with E-state index in [0.29, 0.717) is 0 Å². The summed E-state index contributed by atoms with van der Waals surface area (Å²) in [6.45, 7) is 1.54. The maximum atomic E-state index is 12.7. The molecule has 8 nitrogen and oxygen atoms in total. The van der Waals surface area contributed by atoms with E-state index >= 15 is 0 Å². The number of aryl methyl sites for hydroxylation is 2. The van der Waals surface area contributed by atoms with Crippen LogP contribution in [0.25, 0.3) is 0 Å². The van der Waals surface area contributed by atoms with Crippen LogP contribution in [0.3, 0.4) is 0 Å². The number of carbonyl (C=O) groups is 1. The van der Waals surface area contributed by atoms with Crippen molar-refractivity contribution in [3.63, 3.8) is 0 Å². The monoisotopic (exact) mass is 371 g/mol. The molecule has 11 heteroatoms. The lowest BCUT2D eigenvalue weighted by Crippen LogP contribution is -2.32. The molecular weight excluding hydrogens is 355 g/mol. The number of carbonyl (C=O) groups excluding carboxylic acids is 1. The molecule has 0 radical (unpaired) electrons. The SMILES string of the molecule is Cc1cc(C(F)(F)F)nc(CCNC(=O)CCn2ccc(=O)[nH]c2=O)n1. The van der Waals surface area contributed by atoms with Crippen LogP contribution in [0.2, 0.25) is 0 Å². The second-order valence-electron chi connectivity index (χ2n) is 5.46. The molecule has 2 N–H and O–H groups in total. The van der Waals surface area contributed by atoms with Crippen LogP contribution in [-0.4, -0.2) is 32.0 Å². The van der Waals surface area contributed by atoms with Gasteiger partial charge in [-0.1, -0.05) is 0 Å². The Bertz CT molecular complexity index is 904. The maximum Gasteiger partial charge on any atom is 0.433 e. The smallest absolute Gasteiger partial charge is 0.356 e. The first-order valence-electron chi connectivity index (χ1n) is 7.63. The summed E-state index contributed by atoms with van der Waals surface area (Å²) in [6.07, 6.45) is -3.28. The molecule has 2 aromatic rings. The Morgan fingerprint density at radius 3 is 2.69 bits per heavy atom. The molecule has 26 heavy (non-hydrogen) atoms. The van der Waals surface area contributed by atoms with Crippen molar-refractivity contribution in [1.82, 2.24) is 24.8 Å². The Labute approximate surface area is 145 Å². The molecule has 0 saturated heterocycles. The lowest BCUT2D eigenvalue weighted by molar-refractivity contribution is -0.141. The van der Waals surface area contributed by atoms with E-state index < -0.39 is 29.0 Å². The molecule has 0 aliphatic heterocycles. The second kappa shape index (κ2) is 7.93. The molecule has 1 amide bonds. The van der Waals surface area contributed by atoms with Crippen molar-refractivity contribution in [3.05, 3.63) is 56.4 Å². The molecule has 0 aliphatic rings. The van der Waals surface area contributed by atoms with Crippen molar-refractivity contribution >= 4 is 5.91 Å². The Morgan fingerprint density at radius 1 is 1.31 bits per heavy atom. The quantitative estimate of drug-likeness (QED) is 0.764. The first-order chi connectivity index (χ1) is 12.1. The van der Waals surface area contributed by atoms with E-state index in [9.17, 15) is 27.6 Å². The molecule has 0 aliphatic carbocycles. The number of H-pyrrole nitrogens is 1. The molecule has 0 saturated carbocycles. The maximum absolute atomic E-state index is 12.7. The topological polar surface area (TPSA) is 110 Å². The third kappa shape index (κ3) is 5.53. The van der Waals surface area contributed by atoms with Crippen LogP contribution in [0.5, 0.6) is 0 Å². The molecule has 0 unspecified atom stereocenters. The highest BCUT2D eigenvalue weighted by atomic mass is 19.4. The number of halogens is 3. The number of nitrogens with zero attached hydrogens (tertiary/aromatic N) is 3. The number of amides is 1. The highest BCUT2D eigenvalue weighted by Gasteiger charge is 2.33. The van der Waals surface area contributed by atoms with Crippen molar-refractivity contribution < 1.29 is 18.0 Å². The van der Waals surface area contributed by atoms with Crippen molar-refractivity contribution in [3.8, 4) is 0 Å². The number of rotatable bonds is 6. The molecule has 2 rings (SSSR count). The molecule has 0 bridgehead atoms. The fourth-order valence-corrected chi connectivity index (χ4v) is 2.13. The lowest BCUT2D eigenvalue weighted by atomic mass is 10.3. The fourth-order valence-electron chi connectivity index (χ4n) is 2.13. The van der Waals surface area contributed by atoms with E-state index in [1.807, 2.05) is 0 Å². The van der Waals surface area contributed by atoms with Crippen LogP contribution >= 0.6 is 0 Å². The van der Waals surface area contributed by atoms with Gasteiger partial charge in [0.25, 0.3) is 5.56 Å². The average Bonchev–Trinajstić information content (AvgIpc) is 2.52. The van der Waals surface area contributed by atoms with Gasteiger partial charge in [0.15, 0.2) is 0 Å². The largest absolute Gasteiger partial charge is 0.433 e. The summed E-state index contributed by atoms with van der Waals surface area (Å²) in [5.74, 6) is -0.415. The zero-order valence-electron chi connectivity index (χ0n) is 13.8. The highest BCUT2D eigenvalue weighted by Crippen LogP contribution is 2.27. The van der Waals surface area contributed by atoms with Crippen LogP contribution < -0.4 is 16.6 Å². The Hall–Kier alpha value is -2.98. The minimum absolute atomic E-state index is 0.0190. The van der Waals surface area contributed by atoms with Gasteiger partial charge in [0.1, 0.15) is 11.5 Å². The highest BCUT2D eigenvalue weighted by molar-refractivity contribution is 5.75. The van der Waals surface area contributed by atoms with Gasteiger partial charge in [-0.25, -0.2) is 14.8 Å². The summed E-state index contributed by atoms with van der Waals surface area (Å²) >= 11 is 0. The van der Waals surface area contributed by atoms with E-state index in [0.717, 1.165) is 12.1 Å². The normalized spacial score (nSPS) is 11.4. The van der Waals surface area contributed by atoms with Gasteiger partial charge >= 0.3 is 11.9 Å². The van der Waals surface area contributed by atoms with E-state index in [2.05, 4.69) is 20.3 Å². The molecule has 2 aromatic heterocycles. The average molecular weight is 371 g/mol. The van der Waals surface area contributed by atoms with Crippen LogP contribution in [0.1, 0.15) is 23.6 Å². The second-order valence-corrected chi connectivity index (χ2v) is 5.46. The summed E-state index contributed by atoms with van der Waals surface area (Å²) < 4.78 is 39.3. The van der Waals surface area contributed by atoms with Crippen molar-refractivity contribution in [1.29, 1.82) is 0 Å². The van der Waals surface area contributed by atoms with E-state index in [1.54, 1.807) is 0 Å². The summed E-state index contributed by atoms with van der Waals surface area (Å²) in [5.41, 5.74) is -2.00. The number of aromatic nitrogens is 4. The van der Waals surface area contributed by atoms with Gasteiger partial charge < -0.3 is 9.88 Å². The van der Waals surface area contributed by atoms with E-state index in [4.69, 9.17) is 0 Å². The van der Waals surface area contributed by atoms with Gasteiger partial charge in [-0.05, 0) is 13.0 Å². The van der Waals surface area contributed by atoms with Crippen molar-refractivity contribution in [2.75, 3.05) is 6.54 Å². The predicted octanol–water partition coefficient (Wildman–Crippen LogP) is 0.403. The van der Waals surface area contributed by atoms with Gasteiger partial charge in [0.2, 0.25) is 5.91 Å². The zero-order valence-corrected chi connectivity index (χ0v) is 13.8. The Morgan fingerprint density at radius 2 is 2.04 bits per heavy atom. The van der Waals surface area contributed by atoms with Crippen molar-refractivity contribution in [2.24, 2.45) is 0 Å². The molecule has 0 aromatic carbocycles. The molecule has 0 fully saturated rings. The van der Waals surface area contributed by atoms with E-state index in [-0.39, 0.29) is 37.4 Å². The summed E-state index contributed by atoms with van der Waals surface area (Å²) in [5, 5.41) is 2.52. The van der Waals surface area contributed by atoms with Crippen LogP contribution in [0, 0.1) is 6.92 Å². The van der Waals surface area contributed by atoms with Crippen LogP contribution in [-0.2, 0) is 23.9 Å². The summed E-state index contributed by atoms with van der Waals surface area (Å²) in [4.78, 5) is 43.6. The number of hydrogen-bond donors (Lipinski definition) is 2. The first kappa shape index (κ1) is 19.3. The van der Waals surface area contributed by atoms with Crippen LogP contribution in [0.4, 0.5) is 13.2 Å². The zero-order chi connectivity index (χ0) is 19.3. The van der Waals surface area contributed by atoms with Gasteiger partial charge in [-0.2, -0.15) is 13.2 Å². The van der Waals surface area contributed by atoms with Crippen molar-refractivity contribution in [2.45, 2.75) is 32.5 Å². The van der Waals surface area contributed by atoms with Gasteiger partial charge in [0, 0.05) is 43.9 Å². The van der Waals surface area contributed by atoms with Gasteiger partial charge in [-0.3, -0.25) is 14.6 Å². The summed E-state index contributed by atoms with van der Waals surface area (Å²) in [6, 6.07) is 2.01. The fraction of sp³-hybridized carbons (Fsp3) is 0.400. The minimum atomic E-state index is -4.56. The number of nitrogens with one attached hydrogen (secondary N) is 2. The summed E-state index contributed by atoms with van der Waals surface area (Å²) in [7, 11) is 0. The Kier molecular flexibility index (Phi) is 5.90. The van der Waals surface area contributed by atoms with Gasteiger partial charge in [-0.15, -0.1) is 0 Å². The third-order valence-electron chi connectivity index (χ3n) is 3.34. The molecule has 0 atom stereocenters. The van der Waals surface area contributed by atoms with Gasteiger partial charge in [0.05, 0.1) is 0 Å². The predicted molar refractivity (Wildman–Crippen MR) is 84.4 cm³/mol. The molecular formula is C15H16F3N5O3. The van der Waals surface area contributed by atoms with E-state index in [1.165, 1.54) is 17.7 Å². The molecule has 2 heterocycles. The standard InChI is InChI=1S/C15H16F3N5O3/c1-9-8-10(15(16,17)18)21-11(20-9)2-5-19-12(24)3-6-23-7-4-13(25)22-14(23)26/h4,7-8H,2-3,5-6H2,1H3,(H,19,24)(H,22,25,26). The number of aromatic amines is 1. The first-order valence-corrected chi connectivity index (χ1v) is 7.63. The molecule has 0 spiro atoms. The Balaban J connectivity index is 1.86. The number of hydrogen-bond acceptors (Lipinski definition) is 5. The minimum Gasteiger partial charge on any atom is -0.356 e. The molecule has 140 valence electrons. The number of alkyl halides is 3.